The first-order chi connectivity index (χ1) is 4.56. The van der Waals surface area contributed by atoms with Crippen LogP contribution in [-0.2, 0) is 0 Å². The molecule has 2 N–H and O–H groups in total. The van der Waals surface area contributed by atoms with Crippen LogP contribution in [0.3, 0.4) is 0 Å². The Balaban J connectivity index is 2.09. The van der Waals surface area contributed by atoms with Crippen LogP contribution < -0.4 is 5.73 Å². The largest absolute Gasteiger partial charge is 0.328 e. The van der Waals surface area contributed by atoms with Crippen molar-refractivity contribution in [2.75, 3.05) is 0 Å². The average molecular weight is 147 g/mol. The van der Waals surface area contributed by atoms with Crippen molar-refractivity contribution < 1.29 is 8.78 Å². The minimum absolute atomic E-state index is 0.0355. The molecule has 0 aromatic carbocycles. The van der Waals surface area contributed by atoms with Crippen LogP contribution in [0.4, 0.5) is 8.78 Å². The zero-order chi connectivity index (χ0) is 7.41. The standard InChI is InChI=1S/C7H11F2N/c8-7(9)4-6(7)2-1-5(10)3-6/h5H,1-4,10H2. The van der Waals surface area contributed by atoms with E-state index in [9.17, 15) is 8.78 Å². The highest BCUT2D eigenvalue weighted by molar-refractivity contribution is 5.14. The van der Waals surface area contributed by atoms with Crippen molar-refractivity contribution in [3.05, 3.63) is 0 Å². The van der Waals surface area contributed by atoms with Gasteiger partial charge in [0.15, 0.2) is 0 Å². The summed E-state index contributed by atoms with van der Waals surface area (Å²) >= 11 is 0. The van der Waals surface area contributed by atoms with Crippen LogP contribution in [0.2, 0.25) is 0 Å². The molecule has 0 saturated heterocycles. The van der Waals surface area contributed by atoms with Crippen LogP contribution in [0.5, 0.6) is 0 Å². The van der Waals surface area contributed by atoms with Crippen molar-refractivity contribution in [1.29, 1.82) is 0 Å². The molecule has 2 aliphatic carbocycles. The molecular weight excluding hydrogens is 136 g/mol. The third-order valence-corrected chi connectivity index (χ3v) is 2.86. The predicted molar refractivity (Wildman–Crippen MR) is 33.8 cm³/mol. The molecule has 0 aromatic rings. The fourth-order valence-electron chi connectivity index (χ4n) is 2.04. The summed E-state index contributed by atoms with van der Waals surface area (Å²) in [5.41, 5.74) is 4.89. The molecule has 0 radical (unpaired) electrons. The maximum atomic E-state index is 12.6. The Morgan fingerprint density at radius 3 is 2.20 bits per heavy atom. The summed E-state index contributed by atoms with van der Waals surface area (Å²) in [7, 11) is 0. The molecule has 1 nitrogen and oxygen atoms in total. The van der Waals surface area contributed by atoms with Crippen LogP contribution in [0.1, 0.15) is 25.7 Å². The summed E-state index contributed by atoms with van der Waals surface area (Å²) in [5, 5.41) is 0. The van der Waals surface area contributed by atoms with Gasteiger partial charge in [0.25, 0.3) is 5.92 Å². The Morgan fingerprint density at radius 2 is 2.00 bits per heavy atom. The Hall–Kier alpha value is -0.180. The van der Waals surface area contributed by atoms with Gasteiger partial charge in [0.05, 0.1) is 0 Å². The lowest BCUT2D eigenvalue weighted by atomic mass is 10.1. The van der Waals surface area contributed by atoms with Crippen LogP contribution in [0.15, 0.2) is 0 Å². The van der Waals surface area contributed by atoms with Crippen molar-refractivity contribution in [3.63, 3.8) is 0 Å². The molecule has 2 saturated carbocycles. The predicted octanol–water partition coefficient (Wildman–Crippen LogP) is 1.52. The van der Waals surface area contributed by atoms with Gasteiger partial charge in [-0.05, 0) is 19.3 Å². The summed E-state index contributed by atoms with van der Waals surface area (Å²) in [5.74, 6) is -2.37. The number of alkyl halides is 2. The highest BCUT2D eigenvalue weighted by Gasteiger charge is 2.72. The molecule has 2 aliphatic rings. The molecule has 10 heavy (non-hydrogen) atoms. The maximum absolute atomic E-state index is 12.6. The molecule has 1 spiro atoms. The second-order valence-corrected chi connectivity index (χ2v) is 3.66. The quantitative estimate of drug-likeness (QED) is 0.552. The van der Waals surface area contributed by atoms with Crippen LogP contribution >= 0.6 is 0 Å². The SMILES string of the molecule is NC1CCC2(C1)CC2(F)F. The van der Waals surface area contributed by atoms with E-state index in [1.807, 2.05) is 0 Å². The normalized spacial score (nSPS) is 50.1. The van der Waals surface area contributed by atoms with Crippen LogP contribution in [0.25, 0.3) is 0 Å². The minimum Gasteiger partial charge on any atom is -0.328 e. The average Bonchev–Trinajstić information content (AvgIpc) is 2.20. The van der Waals surface area contributed by atoms with Gasteiger partial charge in [-0.2, -0.15) is 0 Å². The third kappa shape index (κ3) is 0.641. The third-order valence-electron chi connectivity index (χ3n) is 2.86. The zero-order valence-corrected chi connectivity index (χ0v) is 5.74. The number of halogens is 2. The van der Waals surface area contributed by atoms with E-state index in [0.29, 0.717) is 12.8 Å². The van der Waals surface area contributed by atoms with Gasteiger partial charge in [0.2, 0.25) is 0 Å². The maximum Gasteiger partial charge on any atom is 0.254 e. The van der Waals surface area contributed by atoms with Crippen molar-refractivity contribution >= 4 is 0 Å². The van der Waals surface area contributed by atoms with E-state index >= 15 is 0 Å². The van der Waals surface area contributed by atoms with Gasteiger partial charge in [-0.25, -0.2) is 8.78 Å². The van der Waals surface area contributed by atoms with E-state index in [2.05, 4.69) is 0 Å². The van der Waals surface area contributed by atoms with E-state index in [1.165, 1.54) is 0 Å². The van der Waals surface area contributed by atoms with Gasteiger partial charge in [-0.1, -0.05) is 0 Å². The number of rotatable bonds is 0. The van der Waals surface area contributed by atoms with Gasteiger partial charge in [0, 0.05) is 17.9 Å². The summed E-state index contributed by atoms with van der Waals surface area (Å²) in [6.07, 6.45) is 2.06. The monoisotopic (exact) mass is 147 g/mol. The van der Waals surface area contributed by atoms with E-state index in [4.69, 9.17) is 5.73 Å². The highest BCUT2D eigenvalue weighted by atomic mass is 19.3. The second kappa shape index (κ2) is 1.52. The van der Waals surface area contributed by atoms with Gasteiger partial charge in [-0.3, -0.25) is 0 Å². The minimum atomic E-state index is -2.37. The first kappa shape index (κ1) is 6.53. The number of nitrogens with two attached hydrogens (primary N) is 1. The molecule has 0 heterocycles. The van der Waals surface area contributed by atoms with Crippen molar-refractivity contribution in [3.8, 4) is 0 Å². The lowest BCUT2D eigenvalue weighted by molar-refractivity contribution is 0.0655. The molecule has 58 valence electrons. The molecule has 2 unspecified atom stereocenters. The van der Waals surface area contributed by atoms with Crippen molar-refractivity contribution in [2.45, 2.75) is 37.6 Å². The van der Waals surface area contributed by atoms with E-state index in [0.717, 1.165) is 6.42 Å². The molecule has 3 heteroatoms. The van der Waals surface area contributed by atoms with E-state index in [-0.39, 0.29) is 12.5 Å². The van der Waals surface area contributed by atoms with Crippen molar-refractivity contribution in [2.24, 2.45) is 11.1 Å². The molecule has 2 atom stereocenters. The molecule has 0 aliphatic heterocycles. The topological polar surface area (TPSA) is 26.0 Å². The zero-order valence-electron chi connectivity index (χ0n) is 5.74. The summed E-state index contributed by atoms with van der Waals surface area (Å²) in [6, 6.07) is 0.0355. The molecule has 0 bridgehead atoms. The second-order valence-electron chi connectivity index (χ2n) is 3.66. The first-order valence-corrected chi connectivity index (χ1v) is 3.69. The van der Waals surface area contributed by atoms with E-state index < -0.39 is 11.3 Å². The Bertz CT molecular complexity index is 169. The summed E-state index contributed by atoms with van der Waals surface area (Å²) < 4.78 is 25.2. The van der Waals surface area contributed by atoms with Crippen LogP contribution in [0, 0.1) is 5.41 Å². The highest BCUT2D eigenvalue weighted by Crippen LogP contribution is 2.68. The molecule has 2 fully saturated rings. The van der Waals surface area contributed by atoms with Gasteiger partial charge in [0.1, 0.15) is 0 Å². The smallest absolute Gasteiger partial charge is 0.254 e. The summed E-state index contributed by atoms with van der Waals surface area (Å²) in [4.78, 5) is 0. The lowest BCUT2D eigenvalue weighted by Gasteiger charge is -2.05. The van der Waals surface area contributed by atoms with Gasteiger partial charge >= 0.3 is 0 Å². The molecular formula is C7H11F2N. The molecule has 0 amide bonds. The Kier molecular flexibility index (Phi) is 0.994. The number of hydrogen-bond acceptors (Lipinski definition) is 1. The first-order valence-electron chi connectivity index (χ1n) is 3.69. The Labute approximate surface area is 58.6 Å². The van der Waals surface area contributed by atoms with E-state index in [1.54, 1.807) is 0 Å². The van der Waals surface area contributed by atoms with Gasteiger partial charge < -0.3 is 5.73 Å². The van der Waals surface area contributed by atoms with Crippen molar-refractivity contribution in [1.82, 2.24) is 0 Å². The Morgan fingerprint density at radius 1 is 1.40 bits per heavy atom. The fourth-order valence-corrected chi connectivity index (χ4v) is 2.04. The lowest BCUT2D eigenvalue weighted by Crippen LogP contribution is -2.16. The summed E-state index contributed by atoms with van der Waals surface area (Å²) in [6.45, 7) is 0. The fraction of sp³-hybridized carbons (Fsp3) is 1.00. The molecule has 0 aromatic heterocycles. The molecule has 2 rings (SSSR count). The van der Waals surface area contributed by atoms with Gasteiger partial charge in [-0.15, -0.1) is 0 Å². The number of hydrogen-bond donors (Lipinski definition) is 1. The van der Waals surface area contributed by atoms with Crippen LogP contribution in [-0.4, -0.2) is 12.0 Å².